The highest BCUT2D eigenvalue weighted by molar-refractivity contribution is 5.84. The lowest BCUT2D eigenvalue weighted by atomic mass is 9.77. The first kappa shape index (κ1) is 40.4. The predicted molar refractivity (Wildman–Crippen MR) is 273 cm³/mol. The van der Waals surface area contributed by atoms with Crippen molar-refractivity contribution in [2.45, 2.75) is 38.5 Å². The van der Waals surface area contributed by atoms with Gasteiger partial charge in [-0.05, 0) is 149 Å². The number of rotatable bonds is 11. The molecule has 0 amide bonds. The van der Waals surface area contributed by atoms with Gasteiger partial charge >= 0.3 is 0 Å². The third-order valence-electron chi connectivity index (χ3n) is 12.9. The molecule has 2 heteroatoms. The Kier molecular flexibility index (Phi) is 11.3. The lowest BCUT2D eigenvalue weighted by Gasteiger charge is -2.31. The second kappa shape index (κ2) is 18.0. The van der Waals surface area contributed by atoms with Crippen LogP contribution in [0.15, 0.2) is 243 Å². The standard InChI is InChI=1S/C62H52N2/c1-46-45-55(62(2)43-13-6-14-44-62)31-42-61(46)64(59-38-27-52(28-39-59)49-19-11-5-12-20-49)60-40-29-54(30-41-60)53-25-36-58(37-26-53)63(56-32-21-50(22-33-56)47-15-7-3-8-16-47)57-34-23-51(24-35-57)48-17-9-4-10-18-48/h3-9,11-17,19-43,45H,10,18,44H2,1-2H3. The summed E-state index contributed by atoms with van der Waals surface area (Å²) in [5.74, 6) is 0. The fourth-order valence-electron chi connectivity index (χ4n) is 9.22. The second-order valence-electron chi connectivity index (χ2n) is 17.2. The van der Waals surface area contributed by atoms with Crippen molar-refractivity contribution < 1.29 is 0 Å². The number of aryl methyl sites for hydroxylation is 1. The van der Waals surface area contributed by atoms with E-state index in [4.69, 9.17) is 0 Å². The molecule has 1 atom stereocenters. The van der Waals surface area contributed by atoms with Crippen LogP contribution in [0.1, 0.15) is 42.9 Å². The monoisotopic (exact) mass is 824 g/mol. The molecule has 310 valence electrons. The zero-order valence-electron chi connectivity index (χ0n) is 36.6. The lowest BCUT2D eigenvalue weighted by Crippen LogP contribution is -2.20. The molecule has 2 aliphatic carbocycles. The van der Waals surface area contributed by atoms with Crippen molar-refractivity contribution in [2.24, 2.45) is 0 Å². The van der Waals surface area contributed by atoms with Crippen LogP contribution in [0.25, 0.3) is 39.0 Å². The van der Waals surface area contributed by atoms with E-state index in [1.807, 2.05) is 0 Å². The summed E-state index contributed by atoms with van der Waals surface area (Å²) in [6.07, 6.45) is 18.8. The maximum atomic E-state index is 2.40. The average molecular weight is 825 g/mol. The molecule has 64 heavy (non-hydrogen) atoms. The van der Waals surface area contributed by atoms with Gasteiger partial charge in [-0.3, -0.25) is 0 Å². The van der Waals surface area contributed by atoms with Crippen molar-refractivity contribution in [2.75, 3.05) is 9.80 Å². The maximum absolute atomic E-state index is 2.40. The molecule has 0 aliphatic heterocycles. The van der Waals surface area contributed by atoms with E-state index < -0.39 is 0 Å². The van der Waals surface area contributed by atoms with Gasteiger partial charge < -0.3 is 9.80 Å². The van der Waals surface area contributed by atoms with Gasteiger partial charge in [-0.1, -0.05) is 183 Å². The summed E-state index contributed by atoms with van der Waals surface area (Å²) < 4.78 is 0. The van der Waals surface area contributed by atoms with E-state index in [-0.39, 0.29) is 5.41 Å². The molecular weight excluding hydrogens is 773 g/mol. The summed E-state index contributed by atoms with van der Waals surface area (Å²) in [6, 6.07) is 73.2. The van der Waals surface area contributed by atoms with Crippen molar-refractivity contribution >= 4 is 39.7 Å². The van der Waals surface area contributed by atoms with Crippen LogP contribution in [0.5, 0.6) is 0 Å². The van der Waals surface area contributed by atoms with E-state index >= 15 is 0 Å². The van der Waals surface area contributed by atoms with Crippen LogP contribution in [0.4, 0.5) is 34.1 Å². The molecule has 0 bridgehead atoms. The molecule has 0 radical (unpaired) electrons. The molecule has 0 N–H and O–H groups in total. The van der Waals surface area contributed by atoms with Crippen LogP contribution in [0, 0.1) is 6.92 Å². The minimum atomic E-state index is -0.0173. The van der Waals surface area contributed by atoms with Gasteiger partial charge in [-0.2, -0.15) is 0 Å². The van der Waals surface area contributed by atoms with Gasteiger partial charge in [0, 0.05) is 39.5 Å². The van der Waals surface area contributed by atoms with Gasteiger partial charge in [0.2, 0.25) is 0 Å². The van der Waals surface area contributed by atoms with E-state index in [1.165, 1.54) is 61.3 Å². The van der Waals surface area contributed by atoms with E-state index in [2.05, 4.69) is 266 Å². The van der Waals surface area contributed by atoms with Crippen molar-refractivity contribution in [1.29, 1.82) is 0 Å². The van der Waals surface area contributed by atoms with Crippen LogP contribution in [0.2, 0.25) is 0 Å². The highest BCUT2D eigenvalue weighted by Crippen LogP contribution is 2.42. The molecule has 0 spiro atoms. The first-order valence-electron chi connectivity index (χ1n) is 22.5. The molecule has 0 fully saturated rings. The molecule has 0 saturated heterocycles. The molecule has 10 rings (SSSR count). The van der Waals surface area contributed by atoms with Gasteiger partial charge in [0.25, 0.3) is 0 Å². The van der Waals surface area contributed by atoms with Gasteiger partial charge in [0.15, 0.2) is 0 Å². The Hall–Kier alpha value is -7.68. The second-order valence-corrected chi connectivity index (χ2v) is 17.2. The number of hydrogen-bond acceptors (Lipinski definition) is 2. The average Bonchev–Trinajstić information content (AvgIpc) is 3.37. The zero-order valence-corrected chi connectivity index (χ0v) is 36.6. The van der Waals surface area contributed by atoms with Gasteiger partial charge in [0.05, 0.1) is 0 Å². The summed E-state index contributed by atoms with van der Waals surface area (Å²) in [5.41, 5.74) is 19.2. The van der Waals surface area contributed by atoms with Crippen molar-refractivity contribution in [3.63, 3.8) is 0 Å². The number of allylic oxidation sites excluding steroid dienone is 8. The van der Waals surface area contributed by atoms with E-state index in [0.717, 1.165) is 47.7 Å². The van der Waals surface area contributed by atoms with Gasteiger partial charge in [0.1, 0.15) is 0 Å². The molecule has 0 aromatic heterocycles. The van der Waals surface area contributed by atoms with Crippen molar-refractivity contribution in [1.82, 2.24) is 0 Å². The Balaban J connectivity index is 0.968. The minimum absolute atomic E-state index is 0.0173. The third-order valence-corrected chi connectivity index (χ3v) is 12.9. The van der Waals surface area contributed by atoms with Crippen LogP contribution >= 0.6 is 0 Å². The first-order chi connectivity index (χ1) is 31.5. The molecular formula is C62H52N2. The Morgan fingerprint density at radius 2 is 0.844 bits per heavy atom. The SMILES string of the molecule is Cc1cc(C2(C)C=CC=CC2)ccc1N(c1ccc(-c2ccccc2)cc1)c1ccc(-c2ccc(N(c3ccc(C4=CC=CCC4)cc3)c3ccc(-c4ccccc4)cc3)cc2)cc1. The lowest BCUT2D eigenvalue weighted by molar-refractivity contribution is 0.599. The maximum Gasteiger partial charge on any atom is 0.0490 e. The largest absolute Gasteiger partial charge is 0.311 e. The number of hydrogen-bond donors (Lipinski definition) is 0. The molecule has 0 saturated carbocycles. The summed E-state index contributed by atoms with van der Waals surface area (Å²) in [5, 5.41) is 0. The third kappa shape index (κ3) is 8.43. The topological polar surface area (TPSA) is 6.48 Å². The fourth-order valence-corrected chi connectivity index (χ4v) is 9.22. The molecule has 8 aromatic rings. The Morgan fingerprint density at radius 1 is 0.406 bits per heavy atom. The minimum Gasteiger partial charge on any atom is -0.311 e. The molecule has 1 unspecified atom stereocenters. The fraction of sp³-hybridized carbons (Fsp3) is 0.0968. The van der Waals surface area contributed by atoms with Gasteiger partial charge in [-0.15, -0.1) is 0 Å². The summed E-state index contributed by atoms with van der Waals surface area (Å²) in [6.45, 7) is 4.58. The smallest absolute Gasteiger partial charge is 0.0490 e. The molecule has 8 aromatic carbocycles. The van der Waals surface area contributed by atoms with E-state index in [0.29, 0.717) is 0 Å². The Labute approximate surface area is 379 Å². The molecule has 2 nitrogen and oxygen atoms in total. The Bertz CT molecular complexity index is 2970. The van der Waals surface area contributed by atoms with Gasteiger partial charge in [-0.25, -0.2) is 0 Å². The number of benzene rings is 8. The Morgan fingerprint density at radius 3 is 1.25 bits per heavy atom. The number of anilines is 6. The normalized spacial score (nSPS) is 15.4. The van der Waals surface area contributed by atoms with Crippen molar-refractivity contribution in [3.05, 3.63) is 259 Å². The summed E-state index contributed by atoms with van der Waals surface area (Å²) >= 11 is 0. The first-order valence-corrected chi connectivity index (χ1v) is 22.5. The summed E-state index contributed by atoms with van der Waals surface area (Å²) in [4.78, 5) is 4.75. The quantitative estimate of drug-likeness (QED) is 0.128. The highest BCUT2D eigenvalue weighted by atomic mass is 15.1. The van der Waals surface area contributed by atoms with E-state index in [1.54, 1.807) is 0 Å². The van der Waals surface area contributed by atoms with Crippen LogP contribution in [0.3, 0.4) is 0 Å². The van der Waals surface area contributed by atoms with E-state index in [9.17, 15) is 0 Å². The predicted octanol–water partition coefficient (Wildman–Crippen LogP) is 17.4. The number of nitrogens with zero attached hydrogens (tertiary/aromatic N) is 2. The molecule has 2 aliphatic rings. The zero-order chi connectivity index (χ0) is 43.3. The van der Waals surface area contributed by atoms with Crippen molar-refractivity contribution in [3.8, 4) is 33.4 Å². The summed E-state index contributed by atoms with van der Waals surface area (Å²) in [7, 11) is 0. The van der Waals surface area contributed by atoms with Crippen LogP contribution in [-0.2, 0) is 5.41 Å². The van der Waals surface area contributed by atoms with Crippen LogP contribution in [-0.4, -0.2) is 0 Å². The molecule has 0 heterocycles. The highest BCUT2D eigenvalue weighted by Gasteiger charge is 2.25. The van der Waals surface area contributed by atoms with Crippen LogP contribution < -0.4 is 9.80 Å².